The summed E-state index contributed by atoms with van der Waals surface area (Å²) in [6.45, 7) is 3.43. The van der Waals surface area contributed by atoms with Gasteiger partial charge in [-0.1, -0.05) is 5.16 Å². The van der Waals surface area contributed by atoms with Gasteiger partial charge in [-0.25, -0.2) is 4.39 Å². The van der Waals surface area contributed by atoms with Crippen LogP contribution >= 0.6 is 0 Å². The number of rotatable bonds is 6. The van der Waals surface area contributed by atoms with Crippen molar-refractivity contribution in [1.82, 2.24) is 20.0 Å². The second-order valence-corrected chi connectivity index (χ2v) is 7.03. The lowest BCUT2D eigenvalue weighted by molar-refractivity contribution is 0.0789. The van der Waals surface area contributed by atoms with Crippen molar-refractivity contribution in [3.05, 3.63) is 71.4 Å². The number of aryl methyl sites for hydroxylation is 1. The predicted octanol–water partition coefficient (Wildman–Crippen LogP) is 3.16. The van der Waals surface area contributed by atoms with Crippen molar-refractivity contribution in [3.8, 4) is 5.75 Å². The molecular formula is C21H21FN4O3. The lowest BCUT2D eigenvalue weighted by Gasteiger charge is -2.15. The molecule has 8 heteroatoms. The van der Waals surface area contributed by atoms with Gasteiger partial charge in [-0.05, 0) is 49.7 Å². The number of carbonyl (C=O) groups is 1. The summed E-state index contributed by atoms with van der Waals surface area (Å²) in [7, 11) is 0. The third-order valence-electron chi connectivity index (χ3n) is 4.87. The van der Waals surface area contributed by atoms with Crippen LogP contribution < -0.4 is 4.74 Å². The van der Waals surface area contributed by atoms with E-state index in [0.717, 1.165) is 12.1 Å². The number of hydrogen-bond donors (Lipinski definition) is 0. The van der Waals surface area contributed by atoms with Crippen LogP contribution in [0, 0.1) is 12.7 Å². The van der Waals surface area contributed by atoms with E-state index in [1.54, 1.807) is 29.3 Å². The number of halogens is 1. The highest BCUT2D eigenvalue weighted by Gasteiger charge is 2.31. The van der Waals surface area contributed by atoms with Crippen LogP contribution in [0.5, 0.6) is 5.75 Å². The summed E-state index contributed by atoms with van der Waals surface area (Å²) in [4.78, 5) is 23.0. The van der Waals surface area contributed by atoms with E-state index in [-0.39, 0.29) is 17.6 Å². The Kier molecular flexibility index (Phi) is 5.50. The molecule has 4 rings (SSSR count). The van der Waals surface area contributed by atoms with Gasteiger partial charge in [-0.3, -0.25) is 9.78 Å². The first-order valence-corrected chi connectivity index (χ1v) is 9.51. The zero-order valence-electron chi connectivity index (χ0n) is 16.0. The lowest BCUT2D eigenvalue weighted by atomic mass is 10.1. The number of ether oxygens (including phenoxy) is 1. The van der Waals surface area contributed by atoms with Crippen molar-refractivity contribution in [3.63, 3.8) is 0 Å². The molecule has 2 aromatic heterocycles. The maximum Gasteiger partial charge on any atom is 0.255 e. The largest absolute Gasteiger partial charge is 0.493 e. The van der Waals surface area contributed by atoms with Crippen molar-refractivity contribution in [2.24, 2.45) is 0 Å². The Morgan fingerprint density at radius 1 is 1.28 bits per heavy atom. The standard InChI is InChI=1S/C21H21FN4O3/c1-14-2-3-15(12-23-14)21(27)26-10-8-16(13-26)20-24-19(25-29-20)9-11-28-18-6-4-17(22)5-7-18/h2-7,12,16H,8-11,13H2,1H3. The minimum atomic E-state index is -0.303. The van der Waals surface area contributed by atoms with Crippen LogP contribution in [0.1, 0.15) is 40.1 Å². The average Bonchev–Trinajstić information content (AvgIpc) is 3.39. The van der Waals surface area contributed by atoms with Crippen LogP contribution in [0.15, 0.2) is 47.1 Å². The number of benzene rings is 1. The fraction of sp³-hybridized carbons (Fsp3) is 0.333. The molecule has 0 radical (unpaired) electrons. The molecular weight excluding hydrogens is 375 g/mol. The van der Waals surface area contributed by atoms with Gasteiger partial charge in [0.05, 0.1) is 18.1 Å². The molecule has 1 aromatic carbocycles. The molecule has 29 heavy (non-hydrogen) atoms. The Bertz CT molecular complexity index is 972. The highest BCUT2D eigenvalue weighted by Crippen LogP contribution is 2.27. The van der Waals surface area contributed by atoms with Crippen molar-refractivity contribution in [2.45, 2.75) is 25.7 Å². The number of carbonyl (C=O) groups excluding carboxylic acids is 1. The molecule has 0 bridgehead atoms. The van der Waals surface area contributed by atoms with Gasteiger partial charge in [0.25, 0.3) is 5.91 Å². The minimum Gasteiger partial charge on any atom is -0.493 e. The van der Waals surface area contributed by atoms with Crippen LogP contribution in [-0.4, -0.2) is 45.6 Å². The Morgan fingerprint density at radius 3 is 2.86 bits per heavy atom. The molecule has 1 aliphatic heterocycles. The quantitative estimate of drug-likeness (QED) is 0.637. The van der Waals surface area contributed by atoms with Crippen LogP contribution in [-0.2, 0) is 6.42 Å². The van der Waals surface area contributed by atoms with Crippen LogP contribution in [0.4, 0.5) is 4.39 Å². The van der Waals surface area contributed by atoms with Gasteiger partial charge in [0, 0.05) is 31.4 Å². The summed E-state index contributed by atoms with van der Waals surface area (Å²) in [6, 6.07) is 9.47. The Hall–Kier alpha value is -3.29. The Morgan fingerprint density at radius 2 is 2.10 bits per heavy atom. The number of hydrogen-bond acceptors (Lipinski definition) is 6. The number of aromatic nitrogens is 3. The van der Waals surface area contributed by atoms with Crippen LogP contribution in [0.2, 0.25) is 0 Å². The van der Waals surface area contributed by atoms with Crippen molar-refractivity contribution < 1.29 is 18.4 Å². The number of likely N-dealkylation sites (tertiary alicyclic amines) is 1. The third kappa shape index (κ3) is 4.59. The van der Waals surface area contributed by atoms with Crippen molar-refractivity contribution >= 4 is 5.91 Å². The lowest BCUT2D eigenvalue weighted by Crippen LogP contribution is -2.28. The van der Waals surface area contributed by atoms with Gasteiger partial charge in [0.15, 0.2) is 5.82 Å². The summed E-state index contributed by atoms with van der Waals surface area (Å²) in [5.74, 6) is 1.37. The van der Waals surface area contributed by atoms with Gasteiger partial charge < -0.3 is 14.2 Å². The molecule has 1 saturated heterocycles. The van der Waals surface area contributed by atoms with E-state index in [9.17, 15) is 9.18 Å². The zero-order chi connectivity index (χ0) is 20.2. The van der Waals surface area contributed by atoms with E-state index < -0.39 is 0 Å². The molecule has 3 aromatic rings. The molecule has 1 aliphatic rings. The molecule has 1 amide bonds. The van der Waals surface area contributed by atoms with E-state index in [1.807, 2.05) is 13.0 Å². The van der Waals surface area contributed by atoms with E-state index in [1.165, 1.54) is 12.1 Å². The first-order valence-electron chi connectivity index (χ1n) is 9.51. The maximum absolute atomic E-state index is 12.9. The van der Waals surface area contributed by atoms with Gasteiger partial charge in [0.1, 0.15) is 11.6 Å². The molecule has 1 unspecified atom stereocenters. The maximum atomic E-state index is 12.9. The highest BCUT2D eigenvalue weighted by molar-refractivity contribution is 5.94. The summed E-state index contributed by atoms with van der Waals surface area (Å²) in [5.41, 5.74) is 1.46. The fourth-order valence-electron chi connectivity index (χ4n) is 3.25. The molecule has 1 atom stereocenters. The molecule has 0 saturated carbocycles. The Labute approximate surface area is 167 Å². The molecule has 0 N–H and O–H groups in total. The zero-order valence-corrected chi connectivity index (χ0v) is 16.0. The molecule has 7 nitrogen and oxygen atoms in total. The average molecular weight is 396 g/mol. The topological polar surface area (TPSA) is 81.4 Å². The second-order valence-electron chi connectivity index (χ2n) is 7.03. The smallest absolute Gasteiger partial charge is 0.255 e. The van der Waals surface area contributed by atoms with Gasteiger partial charge >= 0.3 is 0 Å². The first kappa shape index (κ1) is 19.0. The SMILES string of the molecule is Cc1ccc(C(=O)N2CCC(c3nc(CCOc4ccc(F)cc4)no3)C2)cn1. The van der Waals surface area contributed by atoms with E-state index in [0.29, 0.717) is 49.1 Å². The number of pyridine rings is 1. The highest BCUT2D eigenvalue weighted by atomic mass is 19.1. The van der Waals surface area contributed by atoms with Crippen LogP contribution in [0.25, 0.3) is 0 Å². The molecule has 0 spiro atoms. The normalized spacial score (nSPS) is 16.2. The summed E-state index contributed by atoms with van der Waals surface area (Å²) in [5, 5.41) is 4.00. The van der Waals surface area contributed by atoms with E-state index in [2.05, 4.69) is 15.1 Å². The second kappa shape index (κ2) is 8.38. The van der Waals surface area contributed by atoms with Crippen molar-refractivity contribution in [1.29, 1.82) is 0 Å². The number of nitrogens with zero attached hydrogens (tertiary/aromatic N) is 4. The predicted molar refractivity (Wildman–Crippen MR) is 102 cm³/mol. The number of amides is 1. The molecule has 150 valence electrons. The summed E-state index contributed by atoms with van der Waals surface area (Å²) < 4.78 is 23.9. The van der Waals surface area contributed by atoms with E-state index in [4.69, 9.17) is 9.26 Å². The minimum absolute atomic E-state index is 0.0247. The van der Waals surface area contributed by atoms with Gasteiger partial charge in [0.2, 0.25) is 5.89 Å². The summed E-state index contributed by atoms with van der Waals surface area (Å²) in [6.07, 6.45) is 2.86. The summed E-state index contributed by atoms with van der Waals surface area (Å²) >= 11 is 0. The molecule has 0 aliphatic carbocycles. The third-order valence-corrected chi connectivity index (χ3v) is 4.87. The fourth-order valence-corrected chi connectivity index (χ4v) is 3.25. The van der Waals surface area contributed by atoms with Gasteiger partial charge in [-0.2, -0.15) is 4.98 Å². The van der Waals surface area contributed by atoms with Crippen LogP contribution in [0.3, 0.4) is 0 Å². The Balaban J connectivity index is 1.30. The monoisotopic (exact) mass is 396 g/mol. The van der Waals surface area contributed by atoms with Gasteiger partial charge in [-0.15, -0.1) is 0 Å². The van der Waals surface area contributed by atoms with E-state index >= 15 is 0 Å². The molecule has 1 fully saturated rings. The van der Waals surface area contributed by atoms with Crippen molar-refractivity contribution in [2.75, 3.05) is 19.7 Å². The first-order chi connectivity index (χ1) is 14.1. The molecule has 3 heterocycles.